The monoisotopic (exact) mass is 289 g/mol. The minimum Gasteiger partial charge on any atom is -0.399 e. The van der Waals surface area contributed by atoms with Crippen LogP contribution < -0.4 is 10.6 Å². The first-order chi connectivity index (χ1) is 8.61. The summed E-state index contributed by atoms with van der Waals surface area (Å²) in [5, 5.41) is 10.1. The van der Waals surface area contributed by atoms with Crippen LogP contribution in [0.2, 0.25) is 10.0 Å². The summed E-state index contributed by atoms with van der Waals surface area (Å²) in [6, 6.07) is 3.45. The molecule has 0 radical (unpaired) electrons. The number of aliphatic hydroxyl groups is 1. The molecule has 0 spiro atoms. The van der Waals surface area contributed by atoms with E-state index in [4.69, 9.17) is 34.0 Å². The number of nitrogen functional groups attached to an aromatic ring is 1. The average molecular weight is 290 g/mol. The third kappa shape index (κ3) is 3.01. The van der Waals surface area contributed by atoms with E-state index in [1.165, 1.54) is 0 Å². The fraction of sp³-hybridized carbons (Fsp3) is 0.500. The number of aliphatic hydroxyl groups excluding tert-OH is 1. The van der Waals surface area contributed by atoms with Crippen molar-refractivity contribution in [3.63, 3.8) is 0 Å². The number of benzene rings is 1. The second-order valence-corrected chi connectivity index (χ2v) is 5.20. The molecule has 1 aliphatic rings. The van der Waals surface area contributed by atoms with Crippen molar-refractivity contribution < 1.29 is 5.11 Å². The molecule has 1 heterocycles. The van der Waals surface area contributed by atoms with Gasteiger partial charge in [0.25, 0.3) is 0 Å². The molecule has 0 bridgehead atoms. The highest BCUT2D eigenvalue weighted by Gasteiger charge is 2.20. The number of hydrogen-bond acceptors (Lipinski definition) is 4. The maximum absolute atomic E-state index is 8.91. The smallest absolute Gasteiger partial charge is 0.0747 e. The average Bonchev–Trinajstić information content (AvgIpc) is 2.30. The Hall–Kier alpha value is -0.680. The fourth-order valence-corrected chi connectivity index (χ4v) is 2.97. The van der Waals surface area contributed by atoms with Gasteiger partial charge < -0.3 is 15.7 Å². The Kier molecular flexibility index (Phi) is 4.56. The van der Waals surface area contributed by atoms with Gasteiger partial charge in [-0.25, -0.2) is 0 Å². The fourth-order valence-electron chi connectivity index (χ4n) is 2.22. The van der Waals surface area contributed by atoms with Crippen LogP contribution in [0.4, 0.5) is 11.4 Å². The Labute approximate surface area is 117 Å². The SMILES string of the molecule is Nc1cc(Cl)c(N2CCN(CCO)CC2)c(Cl)c1. The Morgan fingerprint density at radius 1 is 1.11 bits per heavy atom. The van der Waals surface area contributed by atoms with Crippen molar-refractivity contribution in [2.24, 2.45) is 0 Å². The molecule has 0 amide bonds. The third-order valence-corrected chi connectivity index (χ3v) is 3.72. The van der Waals surface area contributed by atoms with Crippen molar-refractivity contribution in [1.82, 2.24) is 4.90 Å². The summed E-state index contributed by atoms with van der Waals surface area (Å²) in [4.78, 5) is 4.38. The van der Waals surface area contributed by atoms with E-state index < -0.39 is 0 Å². The minimum absolute atomic E-state index is 0.198. The van der Waals surface area contributed by atoms with Crippen LogP contribution in [0, 0.1) is 0 Å². The van der Waals surface area contributed by atoms with E-state index in [0.717, 1.165) is 38.4 Å². The largest absolute Gasteiger partial charge is 0.399 e. The molecule has 0 saturated carbocycles. The zero-order chi connectivity index (χ0) is 13.1. The van der Waals surface area contributed by atoms with Crippen molar-refractivity contribution in [2.45, 2.75) is 0 Å². The first-order valence-corrected chi connectivity index (χ1v) is 6.70. The van der Waals surface area contributed by atoms with Crippen molar-refractivity contribution in [3.05, 3.63) is 22.2 Å². The molecule has 100 valence electrons. The van der Waals surface area contributed by atoms with Gasteiger partial charge in [-0.2, -0.15) is 0 Å². The van der Waals surface area contributed by atoms with Gasteiger partial charge in [0.1, 0.15) is 0 Å². The Morgan fingerprint density at radius 3 is 2.17 bits per heavy atom. The zero-order valence-corrected chi connectivity index (χ0v) is 11.6. The van der Waals surface area contributed by atoms with E-state index in [-0.39, 0.29) is 6.61 Å². The first-order valence-electron chi connectivity index (χ1n) is 5.94. The molecule has 4 nitrogen and oxygen atoms in total. The van der Waals surface area contributed by atoms with Gasteiger partial charge in [-0.05, 0) is 12.1 Å². The maximum Gasteiger partial charge on any atom is 0.0747 e. The normalized spacial score (nSPS) is 17.2. The number of nitrogens with zero attached hydrogens (tertiary/aromatic N) is 2. The molecule has 0 aromatic heterocycles. The lowest BCUT2D eigenvalue weighted by Crippen LogP contribution is -2.47. The molecule has 3 N–H and O–H groups in total. The molecule has 1 aliphatic heterocycles. The summed E-state index contributed by atoms with van der Waals surface area (Å²) < 4.78 is 0. The predicted octanol–water partition coefficient (Wildman–Crippen LogP) is 1.69. The Morgan fingerprint density at radius 2 is 1.67 bits per heavy atom. The minimum atomic E-state index is 0.198. The van der Waals surface area contributed by atoms with Gasteiger partial charge in [0.05, 0.1) is 22.3 Å². The van der Waals surface area contributed by atoms with Gasteiger partial charge in [0.2, 0.25) is 0 Å². The molecule has 1 aromatic rings. The van der Waals surface area contributed by atoms with Crippen LogP contribution in [0.3, 0.4) is 0 Å². The highest BCUT2D eigenvalue weighted by molar-refractivity contribution is 6.39. The van der Waals surface area contributed by atoms with Crippen LogP contribution in [-0.4, -0.2) is 49.3 Å². The standard InChI is InChI=1S/C12H17Cl2N3O/c13-10-7-9(15)8-11(14)12(10)17-3-1-16(2-4-17)5-6-18/h7-8,18H,1-6,15H2. The van der Waals surface area contributed by atoms with E-state index >= 15 is 0 Å². The molecule has 0 aliphatic carbocycles. The second kappa shape index (κ2) is 5.97. The van der Waals surface area contributed by atoms with E-state index in [0.29, 0.717) is 15.7 Å². The molecule has 1 saturated heterocycles. The Bertz CT molecular complexity index is 397. The summed E-state index contributed by atoms with van der Waals surface area (Å²) in [6.07, 6.45) is 0. The van der Waals surface area contributed by atoms with E-state index in [9.17, 15) is 0 Å². The molecule has 18 heavy (non-hydrogen) atoms. The summed E-state index contributed by atoms with van der Waals surface area (Å²) in [5.41, 5.74) is 7.13. The zero-order valence-electron chi connectivity index (χ0n) is 10.1. The predicted molar refractivity (Wildman–Crippen MR) is 76.6 cm³/mol. The first kappa shape index (κ1) is 13.7. The molecule has 1 aromatic carbocycles. The molecule has 1 fully saturated rings. The van der Waals surface area contributed by atoms with Crippen LogP contribution in [0.25, 0.3) is 0 Å². The highest BCUT2D eigenvalue weighted by atomic mass is 35.5. The number of β-amino-alcohol motifs (C(OH)–C–C–N with tert-alkyl or cyclic N) is 1. The topological polar surface area (TPSA) is 52.7 Å². The van der Waals surface area contributed by atoms with Crippen molar-refractivity contribution in [1.29, 1.82) is 0 Å². The van der Waals surface area contributed by atoms with Crippen molar-refractivity contribution >= 4 is 34.6 Å². The molecule has 2 rings (SSSR count). The van der Waals surface area contributed by atoms with Gasteiger partial charge in [-0.3, -0.25) is 4.90 Å². The van der Waals surface area contributed by atoms with E-state index in [1.807, 2.05) is 0 Å². The molecular weight excluding hydrogens is 273 g/mol. The number of hydrogen-bond donors (Lipinski definition) is 2. The van der Waals surface area contributed by atoms with Gasteiger partial charge in [0, 0.05) is 38.4 Å². The lowest BCUT2D eigenvalue weighted by atomic mass is 10.2. The van der Waals surface area contributed by atoms with Crippen LogP contribution in [0.1, 0.15) is 0 Å². The highest BCUT2D eigenvalue weighted by Crippen LogP contribution is 2.36. The van der Waals surface area contributed by atoms with Crippen LogP contribution >= 0.6 is 23.2 Å². The third-order valence-electron chi connectivity index (χ3n) is 3.14. The summed E-state index contributed by atoms with van der Waals surface area (Å²) in [5.74, 6) is 0. The van der Waals surface area contributed by atoms with Crippen LogP contribution in [0.5, 0.6) is 0 Å². The maximum atomic E-state index is 8.91. The lowest BCUT2D eigenvalue weighted by molar-refractivity contribution is 0.189. The molecular formula is C12H17Cl2N3O. The molecule has 0 atom stereocenters. The molecule has 6 heteroatoms. The van der Waals surface area contributed by atoms with Gasteiger partial charge in [-0.1, -0.05) is 23.2 Å². The van der Waals surface area contributed by atoms with Gasteiger partial charge in [-0.15, -0.1) is 0 Å². The van der Waals surface area contributed by atoms with Gasteiger partial charge >= 0.3 is 0 Å². The summed E-state index contributed by atoms with van der Waals surface area (Å²) >= 11 is 12.4. The number of piperazine rings is 1. The number of anilines is 2. The van der Waals surface area contributed by atoms with Crippen LogP contribution in [0.15, 0.2) is 12.1 Å². The summed E-state index contributed by atoms with van der Waals surface area (Å²) in [6.45, 7) is 4.42. The van der Waals surface area contributed by atoms with E-state index in [1.54, 1.807) is 12.1 Å². The van der Waals surface area contributed by atoms with Crippen molar-refractivity contribution in [2.75, 3.05) is 50.0 Å². The quantitative estimate of drug-likeness (QED) is 0.832. The van der Waals surface area contributed by atoms with Gasteiger partial charge in [0.15, 0.2) is 0 Å². The lowest BCUT2D eigenvalue weighted by Gasteiger charge is -2.36. The molecule has 0 unspecified atom stereocenters. The van der Waals surface area contributed by atoms with Crippen molar-refractivity contribution in [3.8, 4) is 0 Å². The Balaban J connectivity index is 2.10. The summed E-state index contributed by atoms with van der Waals surface area (Å²) in [7, 11) is 0. The number of nitrogens with two attached hydrogens (primary N) is 1. The van der Waals surface area contributed by atoms with Crippen LogP contribution in [-0.2, 0) is 0 Å². The second-order valence-electron chi connectivity index (χ2n) is 4.39. The van der Waals surface area contributed by atoms with E-state index in [2.05, 4.69) is 9.80 Å². The number of halogens is 2. The number of rotatable bonds is 3.